The molecule has 0 saturated carbocycles. The molecule has 3 N–H and O–H groups in total. The Morgan fingerprint density at radius 3 is 2.46 bits per heavy atom. The molecular formula is C8H17N3OS. The Labute approximate surface area is 84.5 Å². The highest BCUT2D eigenvalue weighted by Crippen LogP contribution is 1.87. The van der Waals surface area contributed by atoms with Crippen LogP contribution in [0.2, 0.25) is 0 Å². The number of nitrogens with two attached hydrogens (primary N) is 1. The van der Waals surface area contributed by atoms with Crippen molar-refractivity contribution in [2.24, 2.45) is 5.73 Å². The molecule has 0 saturated heterocycles. The van der Waals surface area contributed by atoms with Crippen LogP contribution in [0, 0.1) is 0 Å². The topological polar surface area (TPSA) is 58.4 Å². The highest BCUT2D eigenvalue weighted by atomic mass is 32.1. The zero-order chi connectivity index (χ0) is 10.3. The molecule has 0 rings (SSSR count). The lowest BCUT2D eigenvalue weighted by Crippen LogP contribution is -2.40. The maximum absolute atomic E-state index is 11.2. The van der Waals surface area contributed by atoms with E-state index < -0.39 is 0 Å². The van der Waals surface area contributed by atoms with Crippen molar-refractivity contribution in [3.8, 4) is 0 Å². The first-order valence-corrected chi connectivity index (χ1v) is 4.78. The van der Waals surface area contributed by atoms with Crippen molar-refractivity contribution in [3.05, 3.63) is 0 Å². The lowest BCUT2D eigenvalue weighted by molar-refractivity contribution is -0.121. The smallest absolute Gasteiger partial charge is 0.234 e. The van der Waals surface area contributed by atoms with Crippen LogP contribution < -0.4 is 11.1 Å². The van der Waals surface area contributed by atoms with E-state index in [4.69, 9.17) is 18.0 Å². The molecule has 0 spiro atoms. The number of nitrogens with zero attached hydrogens (tertiary/aromatic N) is 1. The van der Waals surface area contributed by atoms with Crippen molar-refractivity contribution >= 4 is 23.1 Å². The average molecular weight is 203 g/mol. The molecule has 13 heavy (non-hydrogen) atoms. The van der Waals surface area contributed by atoms with Crippen LogP contribution in [0.25, 0.3) is 0 Å². The number of hydrogen-bond donors (Lipinski definition) is 2. The molecule has 0 bridgehead atoms. The first kappa shape index (κ1) is 12.3. The number of likely N-dealkylation sites (N-methyl/N-ethyl adjacent to an activating group) is 2. The molecule has 0 radical (unpaired) electrons. The summed E-state index contributed by atoms with van der Waals surface area (Å²) < 4.78 is 0. The number of carbonyl (C=O) groups is 1. The zero-order valence-corrected chi connectivity index (χ0v) is 8.99. The number of thiocarbonyl (C=S) groups is 1. The fraction of sp³-hybridized carbons (Fsp3) is 0.750. The summed E-state index contributed by atoms with van der Waals surface area (Å²) in [4.78, 5) is 13.5. The van der Waals surface area contributed by atoms with Gasteiger partial charge in [-0.05, 0) is 13.5 Å². The van der Waals surface area contributed by atoms with E-state index in [1.54, 1.807) is 0 Å². The second-order valence-corrected chi connectivity index (χ2v) is 3.25. The van der Waals surface area contributed by atoms with E-state index in [1.165, 1.54) is 0 Å². The van der Waals surface area contributed by atoms with E-state index in [1.807, 2.05) is 18.7 Å². The van der Waals surface area contributed by atoms with Crippen LogP contribution >= 0.6 is 12.2 Å². The first-order chi connectivity index (χ1) is 6.10. The number of carbonyl (C=O) groups excluding carboxylic acids is 1. The minimum Gasteiger partial charge on any atom is -0.392 e. The fourth-order valence-electron chi connectivity index (χ4n) is 0.956. The monoisotopic (exact) mass is 203 g/mol. The highest BCUT2D eigenvalue weighted by molar-refractivity contribution is 7.80. The first-order valence-electron chi connectivity index (χ1n) is 4.37. The van der Waals surface area contributed by atoms with Gasteiger partial charge in [0.25, 0.3) is 0 Å². The summed E-state index contributed by atoms with van der Waals surface area (Å²) in [6.07, 6.45) is 0. The largest absolute Gasteiger partial charge is 0.392 e. The van der Waals surface area contributed by atoms with E-state index >= 15 is 0 Å². The molecule has 0 aromatic carbocycles. The van der Waals surface area contributed by atoms with Gasteiger partial charge < -0.3 is 11.1 Å². The van der Waals surface area contributed by atoms with E-state index in [9.17, 15) is 4.79 Å². The summed E-state index contributed by atoms with van der Waals surface area (Å²) >= 11 is 4.76. The fourth-order valence-corrected chi connectivity index (χ4v) is 1.14. The molecule has 0 aromatic heterocycles. The van der Waals surface area contributed by atoms with Gasteiger partial charge in [-0.2, -0.15) is 0 Å². The lowest BCUT2D eigenvalue weighted by Gasteiger charge is -2.18. The number of rotatable bonds is 6. The lowest BCUT2D eigenvalue weighted by atomic mass is 10.4. The molecule has 0 heterocycles. The van der Waals surface area contributed by atoms with Gasteiger partial charge in [0.15, 0.2) is 0 Å². The normalized spacial score (nSPS) is 10.1. The third kappa shape index (κ3) is 6.48. The SMILES string of the molecule is CCNC(=O)CN(CC)CC(N)=S. The maximum atomic E-state index is 11.2. The quantitative estimate of drug-likeness (QED) is 0.584. The molecule has 0 aliphatic heterocycles. The van der Waals surface area contributed by atoms with Gasteiger partial charge in [-0.1, -0.05) is 19.1 Å². The van der Waals surface area contributed by atoms with Gasteiger partial charge in [0.05, 0.1) is 11.5 Å². The van der Waals surface area contributed by atoms with E-state index in [0.717, 1.165) is 6.54 Å². The second-order valence-electron chi connectivity index (χ2n) is 2.72. The number of nitrogens with one attached hydrogen (secondary N) is 1. The number of hydrogen-bond acceptors (Lipinski definition) is 3. The zero-order valence-electron chi connectivity index (χ0n) is 8.17. The Kier molecular flexibility index (Phi) is 6.44. The third-order valence-corrected chi connectivity index (χ3v) is 1.70. The third-order valence-electron chi connectivity index (χ3n) is 1.57. The molecule has 0 atom stereocenters. The molecule has 4 nitrogen and oxygen atoms in total. The summed E-state index contributed by atoms with van der Waals surface area (Å²) in [6.45, 7) is 6.15. The Morgan fingerprint density at radius 2 is 2.08 bits per heavy atom. The van der Waals surface area contributed by atoms with Gasteiger partial charge in [0.1, 0.15) is 0 Å². The molecule has 0 aliphatic rings. The van der Waals surface area contributed by atoms with Crippen molar-refractivity contribution in [1.82, 2.24) is 10.2 Å². The predicted molar refractivity (Wildman–Crippen MR) is 57.6 cm³/mol. The molecule has 5 heteroatoms. The van der Waals surface area contributed by atoms with Crippen molar-refractivity contribution < 1.29 is 4.79 Å². The van der Waals surface area contributed by atoms with Crippen molar-refractivity contribution in [1.29, 1.82) is 0 Å². The summed E-state index contributed by atoms with van der Waals surface area (Å²) in [7, 11) is 0. The molecule has 1 amide bonds. The van der Waals surface area contributed by atoms with Gasteiger partial charge in [-0.3, -0.25) is 9.69 Å². The minimum atomic E-state index is 0.0144. The van der Waals surface area contributed by atoms with Gasteiger partial charge in [0, 0.05) is 13.1 Å². The Hall–Kier alpha value is -0.680. The van der Waals surface area contributed by atoms with Crippen LogP contribution in [-0.4, -0.2) is 42.0 Å². The van der Waals surface area contributed by atoms with Gasteiger partial charge in [-0.25, -0.2) is 0 Å². The average Bonchev–Trinajstić information content (AvgIpc) is 2.02. The highest BCUT2D eigenvalue weighted by Gasteiger charge is 2.08. The van der Waals surface area contributed by atoms with Crippen molar-refractivity contribution in [2.75, 3.05) is 26.2 Å². The van der Waals surface area contributed by atoms with Crippen molar-refractivity contribution in [2.45, 2.75) is 13.8 Å². The van der Waals surface area contributed by atoms with Gasteiger partial charge in [-0.15, -0.1) is 0 Å². The van der Waals surface area contributed by atoms with Crippen LogP contribution in [0.5, 0.6) is 0 Å². The summed E-state index contributed by atoms with van der Waals surface area (Å²) in [5, 5.41) is 2.72. The molecular weight excluding hydrogens is 186 g/mol. The Morgan fingerprint density at radius 1 is 1.46 bits per heavy atom. The number of amides is 1. The second kappa shape index (κ2) is 6.80. The minimum absolute atomic E-state index is 0.0144. The van der Waals surface area contributed by atoms with Crippen LogP contribution in [0.3, 0.4) is 0 Å². The Bertz CT molecular complexity index is 184. The summed E-state index contributed by atoms with van der Waals surface area (Å²) in [5.74, 6) is 0.0144. The van der Waals surface area contributed by atoms with Crippen LogP contribution in [0.4, 0.5) is 0 Å². The molecule has 0 unspecified atom stereocenters. The molecule has 0 aliphatic carbocycles. The van der Waals surface area contributed by atoms with E-state index in [-0.39, 0.29) is 5.91 Å². The Balaban J connectivity index is 3.83. The predicted octanol–water partition coefficient (Wildman–Crippen LogP) is -0.269. The van der Waals surface area contributed by atoms with Gasteiger partial charge in [0.2, 0.25) is 5.91 Å². The van der Waals surface area contributed by atoms with Crippen LogP contribution in [-0.2, 0) is 4.79 Å². The van der Waals surface area contributed by atoms with E-state index in [0.29, 0.717) is 24.6 Å². The van der Waals surface area contributed by atoms with E-state index in [2.05, 4.69) is 5.32 Å². The van der Waals surface area contributed by atoms with Crippen LogP contribution in [0.15, 0.2) is 0 Å². The molecule has 0 aromatic rings. The standard InChI is InChI=1S/C8H17N3OS/c1-3-10-8(12)6-11(4-2)5-7(9)13/h3-6H2,1-2H3,(H2,9,13)(H,10,12). The molecule has 76 valence electrons. The van der Waals surface area contributed by atoms with Crippen molar-refractivity contribution in [3.63, 3.8) is 0 Å². The van der Waals surface area contributed by atoms with Gasteiger partial charge >= 0.3 is 0 Å². The summed E-state index contributed by atoms with van der Waals surface area (Å²) in [6, 6.07) is 0. The molecule has 0 fully saturated rings. The summed E-state index contributed by atoms with van der Waals surface area (Å²) in [5.41, 5.74) is 5.38. The maximum Gasteiger partial charge on any atom is 0.234 e. The van der Waals surface area contributed by atoms with Crippen LogP contribution in [0.1, 0.15) is 13.8 Å².